The Kier molecular flexibility index (Phi) is 3.88. The van der Waals surface area contributed by atoms with Crippen molar-refractivity contribution < 1.29 is 4.79 Å². The molecule has 5 heteroatoms. The first kappa shape index (κ1) is 13.3. The predicted molar refractivity (Wildman–Crippen MR) is 77.0 cm³/mol. The molecule has 0 saturated heterocycles. The van der Waals surface area contributed by atoms with Crippen molar-refractivity contribution in [1.82, 2.24) is 4.98 Å². The van der Waals surface area contributed by atoms with E-state index in [1.54, 1.807) is 0 Å². The highest BCUT2D eigenvalue weighted by Crippen LogP contribution is 2.30. The van der Waals surface area contributed by atoms with Crippen LogP contribution in [-0.2, 0) is 6.42 Å². The number of hydrogen-bond donors (Lipinski definition) is 1. The summed E-state index contributed by atoms with van der Waals surface area (Å²) in [5, 5.41) is 1.14. The molecular weight excluding hydrogens is 316 g/mol. The van der Waals surface area contributed by atoms with Gasteiger partial charge in [0.25, 0.3) is 5.91 Å². The zero-order chi connectivity index (χ0) is 13.3. The monoisotopic (exact) mass is 326 g/mol. The number of aryl methyl sites for hydroxylation is 1. The number of halogens is 2. The van der Waals surface area contributed by atoms with Gasteiger partial charge in [-0.25, -0.2) is 0 Å². The van der Waals surface area contributed by atoms with Crippen LogP contribution in [0.3, 0.4) is 0 Å². The van der Waals surface area contributed by atoms with Gasteiger partial charge in [-0.2, -0.15) is 0 Å². The standard InChI is InChI=1S/C13H12BrClN2O/c1-2-3-7-4-8-11(5-10(7)14)17-6-9(12(8)15)13(16)18/h4-6H,2-3H2,1H3,(H2,16,18). The number of amides is 1. The van der Waals surface area contributed by atoms with Crippen molar-refractivity contribution in [3.8, 4) is 0 Å². The average molecular weight is 328 g/mol. The van der Waals surface area contributed by atoms with Gasteiger partial charge >= 0.3 is 0 Å². The molecule has 0 aliphatic rings. The summed E-state index contributed by atoms with van der Waals surface area (Å²) in [6, 6.07) is 3.88. The van der Waals surface area contributed by atoms with E-state index in [0.29, 0.717) is 5.02 Å². The Morgan fingerprint density at radius 2 is 2.22 bits per heavy atom. The van der Waals surface area contributed by atoms with E-state index in [0.717, 1.165) is 33.8 Å². The van der Waals surface area contributed by atoms with Crippen LogP contribution in [0.15, 0.2) is 22.8 Å². The fraction of sp³-hybridized carbons (Fsp3) is 0.231. The van der Waals surface area contributed by atoms with E-state index in [1.165, 1.54) is 6.20 Å². The number of carbonyl (C=O) groups excluding carboxylic acids is 1. The second-order valence-electron chi connectivity index (χ2n) is 4.06. The summed E-state index contributed by atoms with van der Waals surface area (Å²) in [4.78, 5) is 15.4. The van der Waals surface area contributed by atoms with Gasteiger partial charge < -0.3 is 5.73 Å². The Bertz CT molecular complexity index is 628. The Balaban J connectivity index is 2.71. The van der Waals surface area contributed by atoms with Crippen molar-refractivity contribution in [2.24, 2.45) is 5.73 Å². The molecule has 1 amide bonds. The molecule has 0 fully saturated rings. The normalized spacial score (nSPS) is 10.8. The van der Waals surface area contributed by atoms with Crippen molar-refractivity contribution in [2.75, 3.05) is 0 Å². The van der Waals surface area contributed by atoms with Crippen molar-refractivity contribution in [2.45, 2.75) is 19.8 Å². The quantitative estimate of drug-likeness (QED) is 0.934. The Hall–Kier alpha value is -1.13. The number of fused-ring (bicyclic) bond motifs is 1. The number of primary amides is 1. The van der Waals surface area contributed by atoms with E-state index in [2.05, 4.69) is 27.8 Å². The maximum Gasteiger partial charge on any atom is 0.251 e. The van der Waals surface area contributed by atoms with E-state index >= 15 is 0 Å². The average Bonchev–Trinajstić information content (AvgIpc) is 2.31. The number of aromatic nitrogens is 1. The molecule has 3 nitrogen and oxygen atoms in total. The number of nitrogens with two attached hydrogens (primary N) is 1. The Morgan fingerprint density at radius 1 is 1.50 bits per heavy atom. The van der Waals surface area contributed by atoms with Crippen LogP contribution in [0.25, 0.3) is 10.9 Å². The maximum atomic E-state index is 11.2. The van der Waals surface area contributed by atoms with E-state index in [4.69, 9.17) is 17.3 Å². The largest absolute Gasteiger partial charge is 0.366 e. The molecule has 94 valence electrons. The predicted octanol–water partition coefficient (Wildman–Crippen LogP) is 3.70. The molecule has 0 bridgehead atoms. The van der Waals surface area contributed by atoms with E-state index < -0.39 is 5.91 Å². The molecule has 1 heterocycles. The van der Waals surface area contributed by atoms with Crippen molar-refractivity contribution >= 4 is 44.3 Å². The number of carbonyl (C=O) groups is 1. The smallest absolute Gasteiger partial charge is 0.251 e. The summed E-state index contributed by atoms with van der Waals surface area (Å²) in [5.74, 6) is -0.561. The highest BCUT2D eigenvalue weighted by Gasteiger charge is 2.13. The minimum atomic E-state index is -0.561. The molecule has 0 atom stereocenters. The highest BCUT2D eigenvalue weighted by atomic mass is 79.9. The summed E-state index contributed by atoms with van der Waals surface area (Å²) in [7, 11) is 0. The zero-order valence-corrected chi connectivity index (χ0v) is 12.2. The summed E-state index contributed by atoms with van der Waals surface area (Å²) >= 11 is 9.72. The van der Waals surface area contributed by atoms with E-state index in [-0.39, 0.29) is 5.56 Å². The molecule has 0 aliphatic carbocycles. The number of hydrogen-bond acceptors (Lipinski definition) is 2. The lowest BCUT2D eigenvalue weighted by Gasteiger charge is -2.08. The molecule has 0 unspecified atom stereocenters. The van der Waals surface area contributed by atoms with Crippen LogP contribution in [0.2, 0.25) is 5.02 Å². The van der Waals surface area contributed by atoms with Gasteiger partial charge in [-0.3, -0.25) is 9.78 Å². The molecule has 1 aromatic carbocycles. The van der Waals surface area contributed by atoms with Crippen molar-refractivity contribution in [3.63, 3.8) is 0 Å². The summed E-state index contributed by atoms with van der Waals surface area (Å²) < 4.78 is 1.01. The minimum Gasteiger partial charge on any atom is -0.366 e. The molecule has 2 rings (SSSR count). The van der Waals surface area contributed by atoms with Gasteiger partial charge in [0.1, 0.15) is 0 Å². The first-order chi connectivity index (χ1) is 8.54. The van der Waals surface area contributed by atoms with Crippen LogP contribution in [0.5, 0.6) is 0 Å². The molecule has 2 aromatic rings. The molecule has 0 saturated carbocycles. The van der Waals surface area contributed by atoms with Gasteiger partial charge in [0, 0.05) is 16.1 Å². The third-order valence-corrected chi connectivity index (χ3v) is 3.90. The summed E-state index contributed by atoms with van der Waals surface area (Å²) in [6.07, 6.45) is 3.39. The van der Waals surface area contributed by atoms with Gasteiger partial charge in [-0.05, 0) is 24.1 Å². The van der Waals surface area contributed by atoms with Crippen LogP contribution < -0.4 is 5.73 Å². The van der Waals surface area contributed by atoms with Crippen LogP contribution in [-0.4, -0.2) is 10.9 Å². The lowest BCUT2D eigenvalue weighted by Crippen LogP contribution is -2.12. The van der Waals surface area contributed by atoms with Crippen LogP contribution >= 0.6 is 27.5 Å². The molecule has 18 heavy (non-hydrogen) atoms. The molecule has 1 aromatic heterocycles. The topological polar surface area (TPSA) is 56.0 Å². The Labute approximate surface area is 118 Å². The van der Waals surface area contributed by atoms with E-state index in [9.17, 15) is 4.79 Å². The first-order valence-corrected chi connectivity index (χ1v) is 6.78. The van der Waals surface area contributed by atoms with Gasteiger partial charge in [-0.15, -0.1) is 0 Å². The molecule has 0 aliphatic heterocycles. The molecule has 0 spiro atoms. The van der Waals surface area contributed by atoms with Gasteiger partial charge in [-0.1, -0.05) is 40.9 Å². The number of nitrogens with zero attached hydrogens (tertiary/aromatic N) is 1. The highest BCUT2D eigenvalue weighted by molar-refractivity contribution is 9.10. The minimum absolute atomic E-state index is 0.258. The van der Waals surface area contributed by atoms with Crippen LogP contribution in [0.1, 0.15) is 29.3 Å². The second kappa shape index (κ2) is 5.24. The third-order valence-electron chi connectivity index (χ3n) is 2.76. The number of rotatable bonds is 3. The fourth-order valence-electron chi connectivity index (χ4n) is 1.86. The number of pyridine rings is 1. The van der Waals surface area contributed by atoms with Crippen LogP contribution in [0.4, 0.5) is 0 Å². The third kappa shape index (κ3) is 2.35. The van der Waals surface area contributed by atoms with Crippen molar-refractivity contribution in [3.05, 3.63) is 39.0 Å². The summed E-state index contributed by atoms with van der Waals surface area (Å²) in [6.45, 7) is 2.11. The van der Waals surface area contributed by atoms with Gasteiger partial charge in [0.2, 0.25) is 0 Å². The van der Waals surface area contributed by atoms with Crippen LogP contribution in [0, 0.1) is 0 Å². The molecule has 2 N–H and O–H groups in total. The Morgan fingerprint density at radius 3 is 2.83 bits per heavy atom. The number of benzene rings is 1. The summed E-state index contributed by atoms with van der Waals surface area (Å²) in [5.41, 5.74) is 7.41. The van der Waals surface area contributed by atoms with Gasteiger partial charge in [0.15, 0.2) is 0 Å². The fourth-order valence-corrected chi connectivity index (χ4v) is 2.68. The first-order valence-electron chi connectivity index (χ1n) is 5.61. The maximum absolute atomic E-state index is 11.2. The lowest BCUT2D eigenvalue weighted by molar-refractivity contribution is 0.100. The molecular formula is C13H12BrClN2O. The van der Waals surface area contributed by atoms with E-state index in [1.807, 2.05) is 12.1 Å². The SMILES string of the molecule is CCCc1cc2c(Cl)c(C(N)=O)cnc2cc1Br. The van der Waals surface area contributed by atoms with Gasteiger partial charge in [0.05, 0.1) is 16.1 Å². The zero-order valence-electron chi connectivity index (χ0n) is 9.84. The van der Waals surface area contributed by atoms with Crippen molar-refractivity contribution in [1.29, 1.82) is 0 Å². The second-order valence-corrected chi connectivity index (χ2v) is 5.29. The lowest BCUT2D eigenvalue weighted by atomic mass is 10.1. The molecule has 0 radical (unpaired) electrons.